The van der Waals surface area contributed by atoms with Crippen molar-refractivity contribution < 1.29 is 9.90 Å². The van der Waals surface area contributed by atoms with Gasteiger partial charge in [-0.05, 0) is 24.2 Å². The van der Waals surface area contributed by atoms with E-state index in [1.54, 1.807) is 11.8 Å². The average molecular weight is 267 g/mol. The lowest BCUT2D eigenvalue weighted by atomic mass is 9.95. The summed E-state index contributed by atoms with van der Waals surface area (Å²) in [6.07, 6.45) is 0.429. The molecule has 1 heterocycles. The van der Waals surface area contributed by atoms with Crippen molar-refractivity contribution in [3.63, 3.8) is 0 Å². The Morgan fingerprint density at radius 2 is 2.17 bits per heavy atom. The second-order valence-corrected chi connectivity index (χ2v) is 7.50. The summed E-state index contributed by atoms with van der Waals surface area (Å²) in [5, 5.41) is 13.2. The van der Waals surface area contributed by atoms with Gasteiger partial charge in [-0.1, -0.05) is 13.8 Å². The molecule has 0 radical (unpaired) electrons. The maximum absolute atomic E-state index is 12.0. The fraction of sp³-hybridized carbons (Fsp3) is 0.786. The van der Waals surface area contributed by atoms with E-state index in [9.17, 15) is 9.90 Å². The van der Waals surface area contributed by atoms with Gasteiger partial charge < -0.3 is 10.4 Å². The van der Waals surface area contributed by atoms with E-state index in [0.717, 1.165) is 22.8 Å². The van der Waals surface area contributed by atoms with Crippen LogP contribution in [0.4, 0.5) is 0 Å². The van der Waals surface area contributed by atoms with Crippen LogP contribution >= 0.6 is 11.8 Å². The minimum Gasteiger partial charge on any atom is -0.390 e. The molecule has 2 N–H and O–H groups in total. The topological polar surface area (TPSA) is 49.3 Å². The minimum absolute atomic E-state index is 0.108. The molecule has 4 atom stereocenters. The number of ketones is 1. The molecule has 3 aliphatic rings. The van der Waals surface area contributed by atoms with Crippen LogP contribution in [0.5, 0.6) is 0 Å². The van der Waals surface area contributed by atoms with E-state index in [1.807, 2.05) is 6.92 Å². The Kier molecular flexibility index (Phi) is 2.79. The van der Waals surface area contributed by atoms with Crippen molar-refractivity contribution in [1.29, 1.82) is 0 Å². The summed E-state index contributed by atoms with van der Waals surface area (Å²) in [6, 6.07) is 0.108. The third kappa shape index (κ3) is 1.73. The summed E-state index contributed by atoms with van der Waals surface area (Å²) in [6.45, 7) is 6.50. The van der Waals surface area contributed by atoms with Gasteiger partial charge in [-0.15, -0.1) is 0 Å². The Hall–Kier alpha value is -0.480. The van der Waals surface area contributed by atoms with Crippen LogP contribution in [0.15, 0.2) is 11.3 Å². The van der Waals surface area contributed by atoms with E-state index in [4.69, 9.17) is 0 Å². The van der Waals surface area contributed by atoms with Crippen molar-refractivity contribution in [1.82, 2.24) is 5.32 Å². The third-order valence-electron chi connectivity index (χ3n) is 4.92. The SMILES string of the molecule is C/C(N[C@@H]1CSCC1O)=C1/C(=O)CC2[C@@H]1C2(C)C. The average Bonchev–Trinajstić information content (AvgIpc) is 2.69. The maximum atomic E-state index is 12.0. The number of fused-ring (bicyclic) bond motifs is 1. The molecule has 1 aliphatic heterocycles. The van der Waals surface area contributed by atoms with Crippen LogP contribution in [0.1, 0.15) is 27.2 Å². The summed E-state index contributed by atoms with van der Waals surface area (Å²) >= 11 is 1.77. The molecule has 0 spiro atoms. The molecular formula is C14H21NO2S. The van der Waals surface area contributed by atoms with E-state index >= 15 is 0 Å². The molecule has 0 aromatic carbocycles. The second kappa shape index (κ2) is 4.01. The summed E-state index contributed by atoms with van der Waals surface area (Å²) in [7, 11) is 0. The number of allylic oxidation sites excluding steroid dienone is 2. The van der Waals surface area contributed by atoms with Crippen LogP contribution in [0, 0.1) is 17.3 Å². The van der Waals surface area contributed by atoms with Crippen molar-refractivity contribution in [2.45, 2.75) is 39.3 Å². The number of aliphatic hydroxyl groups is 1. The lowest BCUT2D eigenvalue weighted by Crippen LogP contribution is -2.38. The van der Waals surface area contributed by atoms with Gasteiger partial charge in [0.15, 0.2) is 5.78 Å². The number of Topliss-reactive ketones (excluding diaryl/α,β-unsaturated/α-hetero) is 1. The van der Waals surface area contributed by atoms with Crippen molar-refractivity contribution in [2.75, 3.05) is 11.5 Å². The standard InChI is InChI=1S/C14H21NO2S/c1-7(15-9-5-18-6-11(9)17)12-10(16)4-8-13(12)14(8,2)3/h8-9,11,13,15,17H,4-6H2,1-3H3/b12-7+/t8?,9-,11?,13+/m1/s1. The Labute approximate surface area is 112 Å². The van der Waals surface area contributed by atoms with Gasteiger partial charge in [-0.3, -0.25) is 4.79 Å². The van der Waals surface area contributed by atoms with Gasteiger partial charge in [0.2, 0.25) is 0 Å². The third-order valence-corrected chi connectivity index (χ3v) is 6.10. The maximum Gasteiger partial charge on any atom is 0.161 e. The van der Waals surface area contributed by atoms with E-state index in [1.165, 1.54) is 0 Å². The van der Waals surface area contributed by atoms with E-state index < -0.39 is 0 Å². The van der Waals surface area contributed by atoms with Crippen molar-refractivity contribution in [3.8, 4) is 0 Å². The highest BCUT2D eigenvalue weighted by Crippen LogP contribution is 2.68. The Balaban J connectivity index is 1.79. The minimum atomic E-state index is -0.287. The van der Waals surface area contributed by atoms with Gasteiger partial charge in [-0.2, -0.15) is 11.8 Å². The molecule has 3 fully saturated rings. The molecule has 4 heteroatoms. The van der Waals surface area contributed by atoms with E-state index in [2.05, 4.69) is 19.2 Å². The first kappa shape index (κ1) is 12.5. The van der Waals surface area contributed by atoms with Crippen LogP contribution < -0.4 is 5.32 Å². The molecule has 2 saturated carbocycles. The fourth-order valence-electron chi connectivity index (χ4n) is 3.66. The number of carbonyl (C=O) groups is 1. The lowest BCUT2D eigenvalue weighted by molar-refractivity contribution is -0.115. The Bertz CT molecular complexity index is 430. The first-order chi connectivity index (χ1) is 8.43. The summed E-state index contributed by atoms with van der Waals surface area (Å²) in [5.74, 6) is 3.04. The molecule has 1 saturated heterocycles. The quantitative estimate of drug-likeness (QED) is 0.746. The molecule has 2 aliphatic carbocycles. The molecule has 3 nitrogen and oxygen atoms in total. The number of hydrogen-bond donors (Lipinski definition) is 2. The first-order valence-electron chi connectivity index (χ1n) is 6.69. The number of hydrogen-bond acceptors (Lipinski definition) is 4. The zero-order valence-corrected chi connectivity index (χ0v) is 12.0. The van der Waals surface area contributed by atoms with Crippen molar-refractivity contribution >= 4 is 17.5 Å². The van der Waals surface area contributed by atoms with Crippen LogP contribution in [-0.4, -0.2) is 34.5 Å². The van der Waals surface area contributed by atoms with Gasteiger partial charge in [0.25, 0.3) is 0 Å². The van der Waals surface area contributed by atoms with Crippen LogP contribution in [0.2, 0.25) is 0 Å². The van der Waals surface area contributed by atoms with Crippen molar-refractivity contribution in [2.24, 2.45) is 17.3 Å². The number of aliphatic hydroxyl groups excluding tert-OH is 1. The van der Waals surface area contributed by atoms with Gasteiger partial charge in [0.1, 0.15) is 0 Å². The number of thioether (sulfide) groups is 1. The molecule has 100 valence electrons. The van der Waals surface area contributed by atoms with Gasteiger partial charge in [0, 0.05) is 29.2 Å². The van der Waals surface area contributed by atoms with E-state index in [0.29, 0.717) is 29.5 Å². The number of nitrogens with one attached hydrogen (secondary N) is 1. The van der Waals surface area contributed by atoms with Crippen LogP contribution in [0.25, 0.3) is 0 Å². The number of carbonyl (C=O) groups excluding carboxylic acids is 1. The van der Waals surface area contributed by atoms with Gasteiger partial charge in [0.05, 0.1) is 12.1 Å². The van der Waals surface area contributed by atoms with Crippen molar-refractivity contribution in [3.05, 3.63) is 11.3 Å². The molecular weight excluding hydrogens is 246 g/mol. The normalized spacial score (nSPS) is 43.9. The van der Waals surface area contributed by atoms with Gasteiger partial charge >= 0.3 is 0 Å². The number of rotatable bonds is 2. The predicted molar refractivity (Wildman–Crippen MR) is 73.3 cm³/mol. The molecule has 3 rings (SSSR count). The summed E-state index contributed by atoms with van der Waals surface area (Å²) in [4.78, 5) is 12.0. The highest BCUT2D eigenvalue weighted by atomic mass is 32.2. The predicted octanol–water partition coefficient (Wildman–Crippen LogP) is 1.57. The molecule has 2 unspecified atom stereocenters. The molecule has 18 heavy (non-hydrogen) atoms. The Morgan fingerprint density at radius 1 is 1.44 bits per heavy atom. The first-order valence-corrected chi connectivity index (χ1v) is 7.84. The zero-order valence-electron chi connectivity index (χ0n) is 11.2. The fourth-order valence-corrected chi connectivity index (χ4v) is 4.83. The summed E-state index contributed by atoms with van der Waals surface area (Å²) in [5.41, 5.74) is 2.31. The second-order valence-electron chi connectivity index (χ2n) is 6.43. The lowest BCUT2D eigenvalue weighted by Gasteiger charge is -2.20. The molecule has 0 aromatic heterocycles. The highest BCUT2D eigenvalue weighted by Gasteiger charge is 2.65. The monoisotopic (exact) mass is 267 g/mol. The van der Waals surface area contributed by atoms with Crippen LogP contribution in [0.3, 0.4) is 0 Å². The molecule has 0 amide bonds. The molecule has 0 bridgehead atoms. The highest BCUT2D eigenvalue weighted by molar-refractivity contribution is 7.99. The van der Waals surface area contributed by atoms with E-state index in [-0.39, 0.29) is 12.1 Å². The smallest absolute Gasteiger partial charge is 0.161 e. The van der Waals surface area contributed by atoms with Gasteiger partial charge in [-0.25, -0.2) is 0 Å². The zero-order chi connectivity index (χ0) is 13.1. The summed E-state index contributed by atoms with van der Waals surface area (Å²) < 4.78 is 0. The van der Waals surface area contributed by atoms with Crippen LogP contribution in [-0.2, 0) is 4.79 Å². The molecule has 0 aromatic rings. The largest absolute Gasteiger partial charge is 0.390 e. The Morgan fingerprint density at radius 3 is 2.72 bits per heavy atom.